The van der Waals surface area contributed by atoms with Crippen LogP contribution in [0.1, 0.15) is 22.4 Å². The molecular weight excluding hydrogens is 305 g/mol. The molecule has 2 aromatic rings. The molecule has 21 heavy (non-hydrogen) atoms. The van der Waals surface area contributed by atoms with E-state index in [0.29, 0.717) is 16.7 Å². The van der Waals surface area contributed by atoms with Gasteiger partial charge in [-0.15, -0.1) is 0 Å². The summed E-state index contributed by atoms with van der Waals surface area (Å²) in [4.78, 5) is 6.60. The van der Waals surface area contributed by atoms with Crippen LogP contribution < -0.4 is 5.73 Å². The fraction of sp³-hybridized carbons (Fsp3) is 0.312. The zero-order valence-corrected chi connectivity index (χ0v) is 13.4. The number of anilines is 1. The van der Waals surface area contributed by atoms with E-state index in [1.54, 1.807) is 0 Å². The van der Waals surface area contributed by atoms with E-state index in [4.69, 9.17) is 28.9 Å². The number of nitrogens with two attached hydrogens (primary N) is 1. The van der Waals surface area contributed by atoms with E-state index in [0.717, 1.165) is 36.5 Å². The molecule has 1 aromatic carbocycles. The van der Waals surface area contributed by atoms with Gasteiger partial charge in [-0.1, -0.05) is 35.3 Å². The minimum Gasteiger partial charge on any atom is -0.398 e. The average Bonchev–Trinajstić information content (AvgIpc) is 2.43. The van der Waals surface area contributed by atoms with Gasteiger partial charge in [-0.05, 0) is 36.6 Å². The molecule has 1 aromatic heterocycles. The number of nitrogen functional groups attached to an aromatic ring is 1. The van der Waals surface area contributed by atoms with Gasteiger partial charge in [0.25, 0.3) is 0 Å². The van der Waals surface area contributed by atoms with E-state index in [2.05, 4.69) is 16.0 Å². The Bertz CT molecular complexity index is 662. The van der Waals surface area contributed by atoms with Crippen molar-refractivity contribution in [3.05, 3.63) is 56.8 Å². The molecule has 2 heterocycles. The van der Waals surface area contributed by atoms with Crippen LogP contribution >= 0.6 is 23.2 Å². The smallest absolute Gasteiger partial charge is 0.135 e. The Morgan fingerprint density at radius 3 is 2.90 bits per heavy atom. The molecular formula is C16H17Cl2N3. The number of aromatic nitrogens is 1. The van der Waals surface area contributed by atoms with Gasteiger partial charge in [-0.3, -0.25) is 4.90 Å². The lowest BCUT2D eigenvalue weighted by Crippen LogP contribution is -2.31. The molecule has 1 aliphatic rings. The van der Waals surface area contributed by atoms with Gasteiger partial charge in [0, 0.05) is 41.6 Å². The highest BCUT2D eigenvalue weighted by Gasteiger charge is 2.20. The Labute approximate surface area is 134 Å². The zero-order chi connectivity index (χ0) is 15.0. The van der Waals surface area contributed by atoms with Gasteiger partial charge in [-0.2, -0.15) is 0 Å². The number of fused-ring (bicyclic) bond motifs is 1. The molecule has 0 saturated heterocycles. The zero-order valence-electron chi connectivity index (χ0n) is 11.9. The Balaban J connectivity index is 1.83. The average molecular weight is 322 g/mol. The highest BCUT2D eigenvalue weighted by atomic mass is 35.5. The Morgan fingerprint density at radius 2 is 2.14 bits per heavy atom. The lowest BCUT2D eigenvalue weighted by atomic mass is 9.98. The van der Waals surface area contributed by atoms with Crippen LogP contribution in [0.15, 0.2) is 24.3 Å². The van der Waals surface area contributed by atoms with Gasteiger partial charge < -0.3 is 5.73 Å². The van der Waals surface area contributed by atoms with Gasteiger partial charge in [0.15, 0.2) is 0 Å². The van der Waals surface area contributed by atoms with Crippen molar-refractivity contribution in [2.24, 2.45) is 0 Å². The first-order valence-electron chi connectivity index (χ1n) is 6.94. The summed E-state index contributed by atoms with van der Waals surface area (Å²) in [5.74, 6) is 0. The summed E-state index contributed by atoms with van der Waals surface area (Å²) in [5.41, 5.74) is 11.2. The fourth-order valence-electron chi connectivity index (χ4n) is 2.79. The monoisotopic (exact) mass is 321 g/mol. The molecule has 0 radical (unpaired) electrons. The number of halogens is 2. The van der Waals surface area contributed by atoms with Crippen LogP contribution in [0.3, 0.4) is 0 Å². The van der Waals surface area contributed by atoms with E-state index in [-0.39, 0.29) is 0 Å². The summed E-state index contributed by atoms with van der Waals surface area (Å²) in [5, 5.41) is 1.17. The molecule has 0 unspecified atom stereocenters. The third-order valence-corrected chi connectivity index (χ3v) is 4.57. The van der Waals surface area contributed by atoms with Crippen molar-refractivity contribution < 1.29 is 0 Å². The van der Waals surface area contributed by atoms with Crippen LogP contribution in [0.2, 0.25) is 10.2 Å². The van der Waals surface area contributed by atoms with Crippen molar-refractivity contribution in [1.29, 1.82) is 0 Å². The van der Waals surface area contributed by atoms with Crippen molar-refractivity contribution in [3.63, 3.8) is 0 Å². The van der Waals surface area contributed by atoms with Crippen molar-refractivity contribution in [1.82, 2.24) is 9.88 Å². The molecule has 0 bridgehead atoms. The van der Waals surface area contributed by atoms with Crippen molar-refractivity contribution in [2.45, 2.75) is 26.4 Å². The highest BCUT2D eigenvalue weighted by molar-refractivity contribution is 6.35. The maximum absolute atomic E-state index is 6.31. The van der Waals surface area contributed by atoms with E-state index in [9.17, 15) is 0 Å². The molecule has 0 aliphatic carbocycles. The molecule has 0 atom stereocenters. The van der Waals surface area contributed by atoms with Crippen LogP contribution in [-0.4, -0.2) is 16.4 Å². The first-order chi connectivity index (χ1) is 10.0. The predicted octanol–water partition coefficient (Wildman–Crippen LogP) is 3.84. The number of hydrogen-bond acceptors (Lipinski definition) is 3. The number of aryl methyl sites for hydroxylation is 1. The Morgan fingerprint density at radius 1 is 1.33 bits per heavy atom. The Kier molecular flexibility index (Phi) is 4.07. The van der Waals surface area contributed by atoms with Gasteiger partial charge in [-0.25, -0.2) is 4.98 Å². The number of hydrogen-bond donors (Lipinski definition) is 1. The minimum atomic E-state index is 0.492. The first kappa shape index (κ1) is 14.6. The third-order valence-electron chi connectivity index (χ3n) is 3.92. The van der Waals surface area contributed by atoms with Crippen LogP contribution in [0.25, 0.3) is 0 Å². The van der Waals surface area contributed by atoms with Crippen LogP contribution in [0, 0.1) is 6.92 Å². The molecule has 5 heteroatoms. The molecule has 0 saturated carbocycles. The molecule has 2 N–H and O–H groups in total. The summed E-state index contributed by atoms with van der Waals surface area (Å²) >= 11 is 12.5. The molecule has 1 aliphatic heterocycles. The van der Waals surface area contributed by atoms with Gasteiger partial charge in [0.2, 0.25) is 0 Å². The summed E-state index contributed by atoms with van der Waals surface area (Å²) in [6.07, 6.45) is 0.995. The largest absolute Gasteiger partial charge is 0.398 e. The van der Waals surface area contributed by atoms with E-state index in [1.807, 2.05) is 25.1 Å². The normalized spacial score (nSPS) is 15.0. The molecule has 0 spiro atoms. The molecule has 3 rings (SSSR count). The predicted molar refractivity (Wildman–Crippen MR) is 87.7 cm³/mol. The summed E-state index contributed by atoms with van der Waals surface area (Å²) < 4.78 is 0. The standard InChI is InChI=1S/C16H17Cl2N3/c1-10-7-14(17)13(16(18)20-10)9-21-6-5-11-3-2-4-15(19)12(11)8-21/h2-4,7H,5-6,8-9,19H2,1H3. The maximum Gasteiger partial charge on any atom is 0.135 e. The molecule has 0 amide bonds. The van der Waals surface area contributed by atoms with E-state index >= 15 is 0 Å². The SMILES string of the molecule is Cc1cc(Cl)c(CN2CCc3cccc(N)c3C2)c(Cl)n1. The van der Waals surface area contributed by atoms with Crippen LogP contribution in [0.4, 0.5) is 5.69 Å². The maximum atomic E-state index is 6.31. The molecule has 110 valence electrons. The Hall–Kier alpha value is -1.29. The minimum absolute atomic E-state index is 0.492. The second-order valence-electron chi connectivity index (χ2n) is 5.46. The topological polar surface area (TPSA) is 42.1 Å². The molecule has 3 nitrogen and oxygen atoms in total. The van der Waals surface area contributed by atoms with Crippen molar-refractivity contribution in [3.8, 4) is 0 Å². The number of pyridine rings is 1. The van der Waals surface area contributed by atoms with E-state index < -0.39 is 0 Å². The lowest BCUT2D eigenvalue weighted by Gasteiger charge is -2.30. The fourth-order valence-corrected chi connectivity index (χ4v) is 3.44. The molecule has 0 fully saturated rings. The quantitative estimate of drug-likeness (QED) is 0.675. The van der Waals surface area contributed by atoms with Gasteiger partial charge >= 0.3 is 0 Å². The first-order valence-corrected chi connectivity index (χ1v) is 7.70. The summed E-state index contributed by atoms with van der Waals surface area (Å²) in [7, 11) is 0. The summed E-state index contributed by atoms with van der Waals surface area (Å²) in [6, 6.07) is 7.97. The van der Waals surface area contributed by atoms with Crippen molar-refractivity contribution >= 4 is 28.9 Å². The van der Waals surface area contributed by atoms with E-state index in [1.165, 1.54) is 11.1 Å². The van der Waals surface area contributed by atoms with Crippen molar-refractivity contribution in [2.75, 3.05) is 12.3 Å². The van der Waals surface area contributed by atoms with Crippen LogP contribution in [0.5, 0.6) is 0 Å². The lowest BCUT2D eigenvalue weighted by molar-refractivity contribution is 0.246. The van der Waals surface area contributed by atoms with Crippen LogP contribution in [-0.2, 0) is 19.5 Å². The number of nitrogens with zero attached hydrogens (tertiary/aromatic N) is 2. The number of rotatable bonds is 2. The van der Waals surface area contributed by atoms with Gasteiger partial charge in [0.05, 0.1) is 0 Å². The number of benzene rings is 1. The summed E-state index contributed by atoms with van der Waals surface area (Å²) in [6.45, 7) is 4.37. The second-order valence-corrected chi connectivity index (χ2v) is 6.23. The highest BCUT2D eigenvalue weighted by Crippen LogP contribution is 2.29. The van der Waals surface area contributed by atoms with Gasteiger partial charge in [0.1, 0.15) is 5.15 Å². The third kappa shape index (κ3) is 3.00. The second kappa shape index (κ2) is 5.84.